The van der Waals surface area contributed by atoms with Crippen LogP contribution in [0.1, 0.15) is 0 Å². The van der Waals surface area contributed by atoms with Crippen molar-refractivity contribution < 1.29 is 0 Å². The Morgan fingerprint density at radius 2 is 0.875 bits per heavy atom. The maximum Gasteiger partial charge on any atom is 0.0619 e. The van der Waals surface area contributed by atoms with Crippen LogP contribution in [0.25, 0.3) is 105 Å². The number of anilines is 3. The molecule has 0 atom stereocenters. The van der Waals surface area contributed by atoms with Crippen LogP contribution in [0.15, 0.2) is 243 Å². The number of benzene rings is 11. The van der Waals surface area contributed by atoms with Crippen LogP contribution in [-0.4, -0.2) is 4.57 Å². The molecule has 12 aromatic rings. The fourth-order valence-corrected chi connectivity index (χ4v) is 10.4. The van der Waals surface area contributed by atoms with E-state index in [1.54, 1.807) is 0 Å². The zero-order valence-corrected chi connectivity index (χ0v) is 35.0. The number of para-hydroxylation sites is 2. The van der Waals surface area contributed by atoms with Gasteiger partial charge in [-0.1, -0.05) is 182 Å². The summed E-state index contributed by atoms with van der Waals surface area (Å²) in [7, 11) is 0. The lowest BCUT2D eigenvalue weighted by molar-refractivity contribution is 1.19. The van der Waals surface area contributed by atoms with Crippen molar-refractivity contribution in [3.63, 3.8) is 0 Å². The monoisotopic (exact) mass is 812 g/mol. The summed E-state index contributed by atoms with van der Waals surface area (Å²) in [6.45, 7) is 0. The van der Waals surface area contributed by atoms with Crippen molar-refractivity contribution in [2.45, 2.75) is 0 Å². The lowest BCUT2D eigenvalue weighted by Crippen LogP contribution is -2.10. The molecule has 11 aromatic carbocycles. The van der Waals surface area contributed by atoms with Gasteiger partial charge in [-0.05, 0) is 127 Å². The number of hydrogen-bond donors (Lipinski definition) is 0. The Morgan fingerprint density at radius 1 is 0.281 bits per heavy atom. The average molecular weight is 813 g/mol. The molecule has 13 rings (SSSR count). The Hall–Kier alpha value is -8.46. The van der Waals surface area contributed by atoms with Gasteiger partial charge < -0.3 is 9.47 Å². The molecule has 0 aliphatic heterocycles. The molecule has 2 nitrogen and oxygen atoms in total. The van der Waals surface area contributed by atoms with E-state index in [0.29, 0.717) is 0 Å². The molecule has 0 spiro atoms. The third-order valence-electron chi connectivity index (χ3n) is 13.3. The quantitative estimate of drug-likeness (QED) is 0.156. The molecule has 1 heterocycles. The molecule has 1 aliphatic rings. The predicted molar refractivity (Wildman–Crippen MR) is 271 cm³/mol. The summed E-state index contributed by atoms with van der Waals surface area (Å²) >= 11 is 0. The minimum atomic E-state index is 1.09. The lowest BCUT2D eigenvalue weighted by Gasteiger charge is -2.26. The molecule has 0 saturated carbocycles. The van der Waals surface area contributed by atoms with E-state index < -0.39 is 0 Å². The van der Waals surface area contributed by atoms with Crippen LogP contribution in [0.3, 0.4) is 0 Å². The van der Waals surface area contributed by atoms with Gasteiger partial charge in [-0.15, -0.1) is 0 Å². The van der Waals surface area contributed by atoms with Crippen LogP contribution < -0.4 is 4.90 Å². The summed E-state index contributed by atoms with van der Waals surface area (Å²) < 4.78 is 2.47. The topological polar surface area (TPSA) is 8.17 Å². The van der Waals surface area contributed by atoms with Crippen molar-refractivity contribution in [1.82, 2.24) is 4.57 Å². The molecule has 0 unspecified atom stereocenters. The minimum Gasteiger partial charge on any atom is -0.310 e. The van der Waals surface area contributed by atoms with E-state index in [2.05, 4.69) is 252 Å². The van der Waals surface area contributed by atoms with Gasteiger partial charge in [-0.3, -0.25) is 0 Å². The van der Waals surface area contributed by atoms with Gasteiger partial charge in [0, 0.05) is 38.8 Å². The van der Waals surface area contributed by atoms with Crippen LogP contribution in [-0.2, 0) is 0 Å². The number of rotatable bonds is 7. The van der Waals surface area contributed by atoms with Crippen LogP contribution in [0, 0.1) is 0 Å². The summed E-state index contributed by atoms with van der Waals surface area (Å²) in [5.41, 5.74) is 19.3. The zero-order chi connectivity index (χ0) is 42.1. The Labute approximate surface area is 372 Å². The van der Waals surface area contributed by atoms with E-state index in [-0.39, 0.29) is 0 Å². The van der Waals surface area contributed by atoms with Gasteiger partial charge in [-0.2, -0.15) is 0 Å². The number of nitrogens with zero attached hydrogens (tertiary/aromatic N) is 2. The number of fused-ring (bicyclic) bond motifs is 8. The maximum atomic E-state index is 2.47. The third-order valence-corrected chi connectivity index (χ3v) is 13.3. The highest BCUT2D eigenvalue weighted by Gasteiger charge is 2.23. The van der Waals surface area contributed by atoms with Gasteiger partial charge in [0.15, 0.2) is 0 Å². The van der Waals surface area contributed by atoms with Gasteiger partial charge in [-0.25, -0.2) is 0 Å². The number of aromatic nitrogens is 1. The van der Waals surface area contributed by atoms with E-state index in [9.17, 15) is 0 Å². The van der Waals surface area contributed by atoms with Crippen molar-refractivity contribution >= 4 is 60.4 Å². The highest BCUT2D eigenvalue weighted by Crippen LogP contribution is 2.49. The second-order valence-corrected chi connectivity index (χ2v) is 16.9. The van der Waals surface area contributed by atoms with E-state index in [0.717, 1.165) is 28.3 Å². The molecule has 0 radical (unpaired) electrons. The molecule has 1 aliphatic carbocycles. The van der Waals surface area contributed by atoms with Gasteiger partial charge in [0.05, 0.1) is 16.7 Å². The van der Waals surface area contributed by atoms with Crippen LogP contribution >= 0.6 is 0 Å². The summed E-state index contributed by atoms with van der Waals surface area (Å²) in [4.78, 5) is 2.38. The zero-order valence-electron chi connectivity index (χ0n) is 35.0. The molecular formula is C62H40N2. The van der Waals surface area contributed by atoms with E-state index in [1.807, 2.05) is 0 Å². The highest BCUT2D eigenvalue weighted by molar-refractivity contribution is 6.19. The molecule has 0 N–H and O–H groups in total. The molecule has 0 saturated heterocycles. The van der Waals surface area contributed by atoms with Crippen molar-refractivity contribution in [3.8, 4) is 61.3 Å². The second-order valence-electron chi connectivity index (χ2n) is 16.9. The molecule has 2 heteroatoms. The second kappa shape index (κ2) is 14.6. The minimum absolute atomic E-state index is 1.09. The van der Waals surface area contributed by atoms with Crippen molar-refractivity contribution in [1.29, 1.82) is 0 Å². The van der Waals surface area contributed by atoms with Crippen LogP contribution in [0.2, 0.25) is 0 Å². The number of hydrogen-bond acceptors (Lipinski definition) is 1. The Morgan fingerprint density at radius 3 is 1.69 bits per heavy atom. The Kier molecular flexibility index (Phi) is 8.25. The average Bonchev–Trinajstić information content (AvgIpc) is 3.89. The standard InChI is InChI=1S/C62H40N2/c1-2-14-41(15-3-1)45-17-12-19-50(39-45)63(48-33-28-42(29-34-48)47-38-46-18-13-25-56-53-22-6-7-23-54(53)58(40-47)61(46)56)49-35-30-44(31-36-49)51-20-8-10-26-59(51)64-60-27-11-9-24-55(60)57-37-32-43-16-4-5-21-52(43)62(57)64/h1-40H. The summed E-state index contributed by atoms with van der Waals surface area (Å²) in [5, 5.41) is 7.63. The van der Waals surface area contributed by atoms with Gasteiger partial charge >= 0.3 is 0 Å². The fourth-order valence-electron chi connectivity index (χ4n) is 10.4. The van der Waals surface area contributed by atoms with Crippen molar-refractivity contribution in [3.05, 3.63) is 243 Å². The normalized spacial score (nSPS) is 11.8. The Bertz CT molecular complexity index is 3760. The Balaban J connectivity index is 0.927. The summed E-state index contributed by atoms with van der Waals surface area (Å²) in [6.07, 6.45) is 0. The first-order chi connectivity index (χ1) is 31.7. The summed E-state index contributed by atoms with van der Waals surface area (Å²) in [6, 6.07) is 88.9. The smallest absolute Gasteiger partial charge is 0.0619 e. The molecule has 1 aromatic heterocycles. The lowest BCUT2D eigenvalue weighted by atomic mass is 9.96. The molecule has 64 heavy (non-hydrogen) atoms. The largest absolute Gasteiger partial charge is 0.310 e. The van der Waals surface area contributed by atoms with Gasteiger partial charge in [0.25, 0.3) is 0 Å². The molecule has 0 bridgehead atoms. The van der Waals surface area contributed by atoms with E-state index in [4.69, 9.17) is 0 Å². The van der Waals surface area contributed by atoms with Crippen LogP contribution in [0.4, 0.5) is 17.1 Å². The van der Waals surface area contributed by atoms with Crippen molar-refractivity contribution in [2.24, 2.45) is 0 Å². The molecule has 298 valence electrons. The fraction of sp³-hybridized carbons (Fsp3) is 0. The van der Waals surface area contributed by atoms with Crippen LogP contribution in [0.5, 0.6) is 0 Å². The first kappa shape index (κ1) is 36.2. The molecular weight excluding hydrogens is 773 g/mol. The maximum absolute atomic E-state index is 2.47. The summed E-state index contributed by atoms with van der Waals surface area (Å²) in [5.74, 6) is 0. The third kappa shape index (κ3) is 5.73. The molecule has 0 fully saturated rings. The highest BCUT2D eigenvalue weighted by atomic mass is 15.1. The van der Waals surface area contributed by atoms with Gasteiger partial charge in [0.2, 0.25) is 0 Å². The predicted octanol–water partition coefficient (Wildman–Crippen LogP) is 17.2. The SMILES string of the molecule is c1ccc(-c2cccc(N(c3ccc(-c4cc5c6c(cccc6c4)-c4ccccc4-5)cc3)c3ccc(-c4ccccc4-n4c5ccccc5c5ccc6ccccc6c54)cc3)c2)cc1. The molecule has 0 amide bonds. The van der Waals surface area contributed by atoms with Crippen molar-refractivity contribution in [2.75, 3.05) is 4.90 Å². The first-order valence-electron chi connectivity index (χ1n) is 22.1. The van der Waals surface area contributed by atoms with E-state index >= 15 is 0 Å². The van der Waals surface area contributed by atoms with Gasteiger partial charge in [0.1, 0.15) is 0 Å². The van der Waals surface area contributed by atoms with E-state index in [1.165, 1.54) is 93.4 Å². The first-order valence-corrected chi connectivity index (χ1v) is 22.1.